The smallest absolute Gasteiger partial charge is 0.119 e. The number of aliphatic hydroxyl groups is 1. The zero-order chi connectivity index (χ0) is 14.4. The lowest BCUT2D eigenvalue weighted by Crippen LogP contribution is -2.45. The van der Waals surface area contributed by atoms with Crippen LogP contribution in [-0.2, 0) is 4.74 Å². The van der Waals surface area contributed by atoms with Crippen molar-refractivity contribution in [1.82, 2.24) is 4.90 Å². The van der Waals surface area contributed by atoms with Crippen molar-refractivity contribution in [2.45, 2.75) is 19.1 Å². The highest BCUT2D eigenvalue weighted by Gasteiger charge is 2.19. The molecule has 1 N–H and O–H groups in total. The summed E-state index contributed by atoms with van der Waals surface area (Å²) in [4.78, 5) is 2.18. The van der Waals surface area contributed by atoms with Crippen LogP contribution in [0, 0.1) is 11.3 Å². The molecule has 2 unspecified atom stereocenters. The number of rotatable bonds is 5. The Morgan fingerprint density at radius 1 is 1.50 bits per heavy atom. The molecule has 0 amide bonds. The molecule has 0 spiro atoms. The summed E-state index contributed by atoms with van der Waals surface area (Å²) in [6.45, 7) is 5.27. The van der Waals surface area contributed by atoms with Crippen molar-refractivity contribution in [1.29, 1.82) is 5.26 Å². The summed E-state index contributed by atoms with van der Waals surface area (Å²) in [6, 6.07) is 8.93. The third-order valence-electron chi connectivity index (χ3n) is 3.22. The quantitative estimate of drug-likeness (QED) is 0.869. The van der Waals surface area contributed by atoms with Gasteiger partial charge < -0.3 is 14.6 Å². The van der Waals surface area contributed by atoms with Crippen LogP contribution in [0.3, 0.4) is 0 Å². The predicted octanol–water partition coefficient (Wildman–Crippen LogP) is 1.02. The fourth-order valence-electron chi connectivity index (χ4n) is 2.23. The average Bonchev–Trinajstić information content (AvgIpc) is 2.46. The number of β-amino-alcohol motifs (C(OH)–C–C–N with tert-alkyl or cyclic N) is 1. The minimum atomic E-state index is -0.532. The molecule has 0 bridgehead atoms. The Bertz CT molecular complexity index is 455. The summed E-state index contributed by atoms with van der Waals surface area (Å²) in [5.41, 5.74) is 0.597. The number of nitrogens with zero attached hydrogens (tertiary/aromatic N) is 2. The van der Waals surface area contributed by atoms with Crippen molar-refractivity contribution in [3.05, 3.63) is 29.8 Å². The second-order valence-electron chi connectivity index (χ2n) is 5.04. The van der Waals surface area contributed by atoms with Crippen molar-refractivity contribution in [2.75, 3.05) is 32.8 Å². The summed E-state index contributed by atoms with van der Waals surface area (Å²) in [5, 5.41) is 18.7. The van der Waals surface area contributed by atoms with Crippen LogP contribution in [0.25, 0.3) is 0 Å². The molecule has 1 aromatic rings. The van der Waals surface area contributed by atoms with Gasteiger partial charge in [0, 0.05) is 19.6 Å². The first-order valence-electron chi connectivity index (χ1n) is 6.82. The molecule has 5 heteroatoms. The van der Waals surface area contributed by atoms with Crippen molar-refractivity contribution >= 4 is 0 Å². The highest BCUT2D eigenvalue weighted by molar-refractivity contribution is 5.34. The lowest BCUT2D eigenvalue weighted by molar-refractivity contribution is -0.0361. The van der Waals surface area contributed by atoms with Crippen LogP contribution in [0.2, 0.25) is 0 Å². The summed E-state index contributed by atoms with van der Waals surface area (Å²) >= 11 is 0. The van der Waals surface area contributed by atoms with E-state index in [0.717, 1.165) is 13.1 Å². The Labute approximate surface area is 119 Å². The van der Waals surface area contributed by atoms with Gasteiger partial charge in [0.1, 0.15) is 18.5 Å². The van der Waals surface area contributed by atoms with E-state index < -0.39 is 6.10 Å². The fraction of sp³-hybridized carbons (Fsp3) is 0.533. The highest BCUT2D eigenvalue weighted by Crippen LogP contribution is 2.12. The molecule has 1 aliphatic heterocycles. The largest absolute Gasteiger partial charge is 0.491 e. The molecule has 0 radical (unpaired) electrons. The number of ether oxygens (including phenoxy) is 2. The number of benzene rings is 1. The van der Waals surface area contributed by atoms with E-state index in [-0.39, 0.29) is 12.7 Å². The molecule has 2 atom stereocenters. The number of hydrogen-bond acceptors (Lipinski definition) is 5. The van der Waals surface area contributed by atoms with Crippen molar-refractivity contribution in [3.63, 3.8) is 0 Å². The molecule has 108 valence electrons. The van der Waals surface area contributed by atoms with E-state index in [4.69, 9.17) is 14.7 Å². The van der Waals surface area contributed by atoms with Gasteiger partial charge in [-0.15, -0.1) is 0 Å². The Morgan fingerprint density at radius 2 is 2.25 bits per heavy atom. The number of nitriles is 1. The van der Waals surface area contributed by atoms with Crippen LogP contribution in [0.15, 0.2) is 24.3 Å². The molecule has 1 saturated heterocycles. The van der Waals surface area contributed by atoms with Gasteiger partial charge in [-0.05, 0) is 31.2 Å². The van der Waals surface area contributed by atoms with Gasteiger partial charge in [-0.2, -0.15) is 5.26 Å². The van der Waals surface area contributed by atoms with Gasteiger partial charge in [0.05, 0.1) is 24.3 Å². The maximum Gasteiger partial charge on any atom is 0.119 e. The summed E-state index contributed by atoms with van der Waals surface area (Å²) < 4.78 is 11.0. The van der Waals surface area contributed by atoms with Crippen LogP contribution in [0.5, 0.6) is 5.75 Å². The first kappa shape index (κ1) is 14.8. The van der Waals surface area contributed by atoms with Gasteiger partial charge >= 0.3 is 0 Å². The molecule has 5 nitrogen and oxygen atoms in total. The van der Waals surface area contributed by atoms with E-state index in [2.05, 4.69) is 11.0 Å². The first-order valence-corrected chi connectivity index (χ1v) is 6.82. The lowest BCUT2D eigenvalue weighted by Gasteiger charge is -2.32. The summed E-state index contributed by atoms with van der Waals surface area (Å²) in [5.74, 6) is 0.665. The van der Waals surface area contributed by atoms with E-state index in [9.17, 15) is 5.11 Å². The molecule has 0 saturated carbocycles. The van der Waals surface area contributed by atoms with E-state index in [1.54, 1.807) is 24.3 Å². The maximum absolute atomic E-state index is 9.99. The number of aliphatic hydroxyl groups excluding tert-OH is 1. The Hall–Kier alpha value is -1.61. The normalized spacial score (nSPS) is 21.1. The van der Waals surface area contributed by atoms with Gasteiger partial charge in [-0.3, -0.25) is 4.90 Å². The maximum atomic E-state index is 9.99. The topological polar surface area (TPSA) is 65.7 Å². The van der Waals surface area contributed by atoms with Crippen molar-refractivity contribution < 1.29 is 14.6 Å². The van der Waals surface area contributed by atoms with E-state index in [0.29, 0.717) is 24.5 Å². The van der Waals surface area contributed by atoms with Crippen LogP contribution in [0.4, 0.5) is 0 Å². The van der Waals surface area contributed by atoms with Crippen LogP contribution < -0.4 is 4.74 Å². The average molecular weight is 276 g/mol. The summed E-state index contributed by atoms with van der Waals surface area (Å²) in [6.07, 6.45) is -0.314. The molecule has 1 aliphatic rings. The van der Waals surface area contributed by atoms with Crippen LogP contribution >= 0.6 is 0 Å². The fourth-order valence-corrected chi connectivity index (χ4v) is 2.23. The SMILES string of the molecule is CC1CN(CC(O)COc2ccc(C#N)cc2)CCO1. The molecule has 1 heterocycles. The minimum absolute atomic E-state index is 0.218. The van der Waals surface area contributed by atoms with Gasteiger partial charge in [0.25, 0.3) is 0 Å². The molecular weight excluding hydrogens is 256 g/mol. The van der Waals surface area contributed by atoms with Crippen molar-refractivity contribution in [2.24, 2.45) is 0 Å². The van der Waals surface area contributed by atoms with E-state index in [1.807, 2.05) is 6.92 Å². The Kier molecular flexibility index (Phi) is 5.36. The highest BCUT2D eigenvalue weighted by atomic mass is 16.5. The van der Waals surface area contributed by atoms with Crippen LogP contribution in [0.1, 0.15) is 12.5 Å². The molecule has 0 aliphatic carbocycles. The molecule has 1 aromatic carbocycles. The van der Waals surface area contributed by atoms with E-state index in [1.165, 1.54) is 0 Å². The number of morpholine rings is 1. The second-order valence-corrected chi connectivity index (χ2v) is 5.04. The van der Waals surface area contributed by atoms with Gasteiger partial charge in [-0.1, -0.05) is 0 Å². The Balaban J connectivity index is 1.74. The number of hydrogen-bond donors (Lipinski definition) is 1. The third-order valence-corrected chi connectivity index (χ3v) is 3.22. The zero-order valence-corrected chi connectivity index (χ0v) is 11.7. The summed E-state index contributed by atoms with van der Waals surface area (Å²) in [7, 11) is 0. The van der Waals surface area contributed by atoms with Crippen LogP contribution in [-0.4, -0.2) is 55.1 Å². The standard InChI is InChI=1S/C15H20N2O3/c1-12-9-17(6-7-19-12)10-14(18)11-20-15-4-2-13(8-16)3-5-15/h2-5,12,14,18H,6-7,9-11H2,1H3. The van der Waals surface area contributed by atoms with Crippen molar-refractivity contribution in [3.8, 4) is 11.8 Å². The monoisotopic (exact) mass is 276 g/mol. The molecule has 0 aromatic heterocycles. The molecule has 20 heavy (non-hydrogen) atoms. The third kappa shape index (κ3) is 4.49. The lowest BCUT2D eigenvalue weighted by atomic mass is 10.2. The minimum Gasteiger partial charge on any atom is -0.491 e. The Morgan fingerprint density at radius 3 is 2.90 bits per heavy atom. The molecular formula is C15H20N2O3. The second kappa shape index (κ2) is 7.25. The molecule has 2 rings (SSSR count). The first-order chi connectivity index (χ1) is 9.67. The zero-order valence-electron chi connectivity index (χ0n) is 11.7. The molecule has 1 fully saturated rings. The van der Waals surface area contributed by atoms with E-state index >= 15 is 0 Å². The predicted molar refractivity (Wildman–Crippen MR) is 74.5 cm³/mol. The van der Waals surface area contributed by atoms with Gasteiger partial charge in [0.15, 0.2) is 0 Å². The van der Waals surface area contributed by atoms with Gasteiger partial charge in [0.2, 0.25) is 0 Å². The van der Waals surface area contributed by atoms with Gasteiger partial charge in [-0.25, -0.2) is 0 Å².